The van der Waals surface area contributed by atoms with Crippen molar-refractivity contribution in [3.05, 3.63) is 57.7 Å². The molecule has 3 aromatic rings. The summed E-state index contributed by atoms with van der Waals surface area (Å²) >= 11 is 2.82. The van der Waals surface area contributed by atoms with Gasteiger partial charge in [0.05, 0.1) is 17.4 Å². The number of fused-ring (bicyclic) bond motifs is 1. The van der Waals surface area contributed by atoms with Gasteiger partial charge in [-0.15, -0.1) is 21.5 Å². The molecule has 39 heavy (non-hydrogen) atoms. The summed E-state index contributed by atoms with van der Waals surface area (Å²) in [6.07, 6.45) is 2.88. The van der Waals surface area contributed by atoms with Gasteiger partial charge in [0.25, 0.3) is 5.91 Å². The van der Waals surface area contributed by atoms with Crippen LogP contribution in [0.1, 0.15) is 79.3 Å². The van der Waals surface area contributed by atoms with Crippen molar-refractivity contribution in [2.75, 3.05) is 11.1 Å². The number of rotatable bonds is 8. The van der Waals surface area contributed by atoms with E-state index in [1.54, 1.807) is 12.1 Å². The third-order valence-corrected chi connectivity index (χ3v) is 9.51. The third kappa shape index (κ3) is 6.53. The molecule has 0 radical (unpaired) electrons. The van der Waals surface area contributed by atoms with Gasteiger partial charge in [-0.1, -0.05) is 64.6 Å². The summed E-state index contributed by atoms with van der Waals surface area (Å²) in [5, 5.41) is 25.7. The molecule has 0 saturated heterocycles. The summed E-state index contributed by atoms with van der Waals surface area (Å²) in [5.41, 5.74) is 2.50. The van der Waals surface area contributed by atoms with Crippen molar-refractivity contribution in [2.24, 2.45) is 24.3 Å². The summed E-state index contributed by atoms with van der Waals surface area (Å²) in [6.45, 7) is 10.8. The largest absolute Gasteiger partial charge is 0.342 e. The van der Waals surface area contributed by atoms with E-state index in [0.717, 1.165) is 24.8 Å². The molecule has 0 bridgehead atoms. The van der Waals surface area contributed by atoms with E-state index in [0.29, 0.717) is 33.0 Å². The van der Waals surface area contributed by atoms with Crippen molar-refractivity contribution in [2.45, 2.75) is 65.1 Å². The highest BCUT2D eigenvalue weighted by Crippen LogP contribution is 2.44. The Morgan fingerprint density at radius 1 is 1.23 bits per heavy atom. The van der Waals surface area contributed by atoms with Gasteiger partial charge < -0.3 is 15.2 Å². The van der Waals surface area contributed by atoms with Gasteiger partial charge in [-0.05, 0) is 54.2 Å². The van der Waals surface area contributed by atoms with Crippen molar-refractivity contribution in [3.63, 3.8) is 0 Å². The summed E-state index contributed by atoms with van der Waals surface area (Å²) in [5.74, 6) is 1.03. The zero-order valence-corrected chi connectivity index (χ0v) is 25.0. The molecule has 2 aromatic heterocycles. The summed E-state index contributed by atoms with van der Waals surface area (Å²) < 4.78 is 1.82. The van der Waals surface area contributed by atoms with Crippen LogP contribution in [0, 0.1) is 28.6 Å². The Labute approximate surface area is 238 Å². The van der Waals surface area contributed by atoms with Gasteiger partial charge in [0.2, 0.25) is 5.91 Å². The molecule has 0 spiro atoms. The highest BCUT2D eigenvalue weighted by Gasteiger charge is 2.32. The van der Waals surface area contributed by atoms with Crippen molar-refractivity contribution in [1.29, 1.82) is 5.26 Å². The van der Waals surface area contributed by atoms with E-state index in [1.165, 1.54) is 28.0 Å². The van der Waals surface area contributed by atoms with Gasteiger partial charge in [0, 0.05) is 17.5 Å². The molecule has 2 N–H and O–H groups in total. The predicted octanol–water partition coefficient (Wildman–Crippen LogP) is 5.76. The lowest BCUT2D eigenvalue weighted by molar-refractivity contribution is -0.113. The van der Waals surface area contributed by atoms with Crippen molar-refractivity contribution >= 4 is 39.9 Å². The predicted molar refractivity (Wildman–Crippen MR) is 156 cm³/mol. The minimum Gasteiger partial charge on any atom is -0.342 e. The van der Waals surface area contributed by atoms with Crippen LogP contribution in [-0.2, 0) is 24.7 Å². The molecule has 0 aliphatic heterocycles. The van der Waals surface area contributed by atoms with E-state index in [1.807, 2.05) is 43.7 Å². The number of anilines is 1. The number of carbonyl (C=O) groups excluding carboxylic acids is 2. The third-order valence-electron chi connectivity index (χ3n) is 7.32. The number of thioether (sulfide) groups is 1. The molecule has 1 aromatic carbocycles. The molecule has 8 nitrogen and oxygen atoms in total. The maximum atomic E-state index is 12.9. The Morgan fingerprint density at radius 2 is 1.95 bits per heavy atom. The number of hydrogen-bond acceptors (Lipinski definition) is 7. The minimum absolute atomic E-state index is 0.0776. The van der Waals surface area contributed by atoms with E-state index in [-0.39, 0.29) is 34.9 Å². The van der Waals surface area contributed by atoms with E-state index in [4.69, 9.17) is 0 Å². The van der Waals surface area contributed by atoms with Crippen molar-refractivity contribution in [1.82, 2.24) is 20.1 Å². The SMILES string of the molecule is CC(C)[C@H](NC(=O)c1ccccc1)c1nnc(SCC(=O)Nc2sc3c(c2C#N)CC[C@H](C(C)(C)C)C3)n1C. The number of hydrogen-bond donors (Lipinski definition) is 2. The first-order chi connectivity index (χ1) is 18.5. The second kappa shape index (κ2) is 11.9. The number of amides is 2. The second-order valence-electron chi connectivity index (χ2n) is 11.4. The van der Waals surface area contributed by atoms with Crippen LogP contribution in [0.3, 0.4) is 0 Å². The van der Waals surface area contributed by atoms with Crippen LogP contribution in [0.5, 0.6) is 0 Å². The number of nitrogens with one attached hydrogen (secondary N) is 2. The number of nitriles is 1. The van der Waals surface area contributed by atoms with Crippen molar-refractivity contribution < 1.29 is 9.59 Å². The van der Waals surface area contributed by atoms with Crippen LogP contribution < -0.4 is 10.6 Å². The average Bonchev–Trinajstić information content (AvgIpc) is 3.44. The summed E-state index contributed by atoms with van der Waals surface area (Å²) in [4.78, 5) is 26.9. The number of thiophene rings is 1. The first kappa shape index (κ1) is 28.8. The molecule has 1 aliphatic carbocycles. The lowest BCUT2D eigenvalue weighted by atomic mass is 9.72. The molecule has 2 heterocycles. The molecule has 4 rings (SSSR count). The fourth-order valence-electron chi connectivity index (χ4n) is 4.89. The standard InChI is InChI=1S/C29H36N6O2S2/c1-17(2)24(32-26(37)18-10-8-7-9-11-18)25-33-34-28(35(25)6)38-16-23(36)31-27-21(15-30)20-13-12-19(29(3,4)5)14-22(20)39-27/h7-11,17,19,24H,12-14,16H2,1-6H3,(H,31,36)(H,32,37)/t19-,24-/m0/s1. The number of benzene rings is 1. The highest BCUT2D eigenvalue weighted by molar-refractivity contribution is 7.99. The van der Waals surface area contributed by atoms with Crippen LogP contribution >= 0.6 is 23.1 Å². The van der Waals surface area contributed by atoms with E-state index >= 15 is 0 Å². The van der Waals surface area contributed by atoms with Crippen LogP contribution in [-0.4, -0.2) is 32.3 Å². The molecular formula is C29H36N6O2S2. The Kier molecular flexibility index (Phi) is 8.82. The average molecular weight is 565 g/mol. The first-order valence-electron chi connectivity index (χ1n) is 13.2. The maximum absolute atomic E-state index is 12.9. The molecule has 2 amide bonds. The number of nitrogens with zero attached hydrogens (tertiary/aromatic N) is 4. The molecule has 0 fully saturated rings. The normalized spacial score (nSPS) is 15.9. The zero-order valence-electron chi connectivity index (χ0n) is 23.4. The topological polar surface area (TPSA) is 113 Å². The van der Waals surface area contributed by atoms with Gasteiger partial charge >= 0.3 is 0 Å². The molecule has 2 atom stereocenters. The van der Waals surface area contributed by atoms with Gasteiger partial charge in [-0.25, -0.2) is 0 Å². The zero-order chi connectivity index (χ0) is 28.3. The molecule has 10 heteroatoms. The summed E-state index contributed by atoms with van der Waals surface area (Å²) in [7, 11) is 1.84. The number of aromatic nitrogens is 3. The van der Waals surface area contributed by atoms with Crippen LogP contribution in [0.15, 0.2) is 35.5 Å². The summed E-state index contributed by atoms with van der Waals surface area (Å²) in [6, 6.07) is 11.1. The lowest BCUT2D eigenvalue weighted by Crippen LogP contribution is -2.33. The molecule has 1 aliphatic rings. The lowest BCUT2D eigenvalue weighted by Gasteiger charge is -2.33. The molecule has 206 valence electrons. The van der Waals surface area contributed by atoms with Crippen LogP contribution in [0.4, 0.5) is 5.00 Å². The second-order valence-corrected chi connectivity index (χ2v) is 13.5. The Balaban J connectivity index is 1.41. The van der Waals surface area contributed by atoms with E-state index < -0.39 is 0 Å². The van der Waals surface area contributed by atoms with Crippen LogP contribution in [0.2, 0.25) is 0 Å². The first-order valence-corrected chi connectivity index (χ1v) is 15.0. The Bertz CT molecular complexity index is 1380. The fourth-order valence-corrected chi connectivity index (χ4v) is 6.90. The Hall–Kier alpha value is -3.16. The monoisotopic (exact) mass is 564 g/mol. The number of carbonyl (C=O) groups is 2. The van der Waals surface area contributed by atoms with E-state index in [2.05, 4.69) is 47.7 Å². The van der Waals surface area contributed by atoms with Crippen molar-refractivity contribution in [3.8, 4) is 6.07 Å². The fraction of sp³-hybridized carbons (Fsp3) is 0.483. The quantitative estimate of drug-likeness (QED) is 0.337. The van der Waals surface area contributed by atoms with E-state index in [9.17, 15) is 14.9 Å². The molecular weight excluding hydrogens is 528 g/mol. The van der Waals surface area contributed by atoms with Gasteiger partial charge in [0.1, 0.15) is 11.1 Å². The molecule has 0 unspecified atom stereocenters. The smallest absolute Gasteiger partial charge is 0.251 e. The minimum atomic E-state index is -0.342. The van der Waals surface area contributed by atoms with Crippen LogP contribution in [0.25, 0.3) is 0 Å². The van der Waals surface area contributed by atoms with Gasteiger partial charge in [-0.3, -0.25) is 9.59 Å². The maximum Gasteiger partial charge on any atom is 0.251 e. The molecule has 0 saturated carbocycles. The van der Waals surface area contributed by atoms with Gasteiger partial charge in [-0.2, -0.15) is 5.26 Å². The van der Waals surface area contributed by atoms with Gasteiger partial charge in [0.15, 0.2) is 11.0 Å². The highest BCUT2D eigenvalue weighted by atomic mass is 32.2. The Morgan fingerprint density at radius 3 is 2.59 bits per heavy atom.